The smallest absolute Gasteiger partial charge is 0.258 e. The van der Waals surface area contributed by atoms with E-state index in [-0.39, 0.29) is 23.3 Å². The van der Waals surface area contributed by atoms with Crippen LogP contribution in [-0.2, 0) is 16.6 Å². The third-order valence-electron chi connectivity index (χ3n) is 4.27. The van der Waals surface area contributed by atoms with Crippen molar-refractivity contribution in [3.05, 3.63) is 63.7 Å². The van der Waals surface area contributed by atoms with E-state index in [0.717, 1.165) is 21.5 Å². The Bertz CT molecular complexity index is 1310. The number of aryl methyl sites for hydroxylation is 1. The highest BCUT2D eigenvalue weighted by Gasteiger charge is 2.10. The van der Waals surface area contributed by atoms with Gasteiger partial charge in [0.2, 0.25) is 5.91 Å². The van der Waals surface area contributed by atoms with Gasteiger partial charge in [-0.3, -0.25) is 9.59 Å². The average Bonchev–Trinajstić information content (AvgIpc) is 3.33. The Morgan fingerprint density at radius 3 is 2.81 bits per heavy atom. The third-order valence-corrected chi connectivity index (χ3v) is 7.28. The van der Waals surface area contributed by atoms with Crippen molar-refractivity contribution in [3.8, 4) is 11.3 Å². The number of halogens is 1. The van der Waals surface area contributed by atoms with Crippen LogP contribution in [-0.4, -0.2) is 32.9 Å². The zero-order valence-corrected chi connectivity index (χ0v) is 19.6. The van der Waals surface area contributed by atoms with Gasteiger partial charge >= 0.3 is 0 Å². The van der Waals surface area contributed by atoms with Crippen LogP contribution in [0.15, 0.2) is 58.9 Å². The van der Waals surface area contributed by atoms with Gasteiger partial charge in [-0.2, -0.15) is 4.99 Å². The van der Waals surface area contributed by atoms with Gasteiger partial charge in [0.05, 0.1) is 27.4 Å². The van der Waals surface area contributed by atoms with Crippen LogP contribution in [0.25, 0.3) is 21.5 Å². The molecule has 6 nitrogen and oxygen atoms in total. The molecule has 4 aromatic rings. The van der Waals surface area contributed by atoms with Crippen LogP contribution in [0.1, 0.15) is 0 Å². The Balaban J connectivity index is 1.31. The molecule has 0 atom stereocenters. The maximum Gasteiger partial charge on any atom is 0.258 e. The van der Waals surface area contributed by atoms with Crippen LogP contribution < -0.4 is 10.1 Å². The highest BCUT2D eigenvalue weighted by molar-refractivity contribution is 8.00. The van der Waals surface area contributed by atoms with E-state index in [4.69, 9.17) is 11.6 Å². The van der Waals surface area contributed by atoms with E-state index in [2.05, 4.69) is 15.3 Å². The predicted molar refractivity (Wildman–Crippen MR) is 130 cm³/mol. The number of hydrogen-bond acceptors (Lipinski definition) is 6. The molecule has 0 aliphatic heterocycles. The summed E-state index contributed by atoms with van der Waals surface area (Å²) in [6.07, 6.45) is 0. The first-order valence-electron chi connectivity index (χ1n) is 9.21. The Labute approximate surface area is 195 Å². The Kier molecular flexibility index (Phi) is 6.86. The number of amides is 2. The van der Waals surface area contributed by atoms with Crippen molar-refractivity contribution in [2.75, 3.05) is 16.8 Å². The largest absolute Gasteiger partial charge is 0.319 e. The second kappa shape index (κ2) is 9.78. The molecule has 0 saturated carbocycles. The van der Waals surface area contributed by atoms with E-state index in [1.165, 1.54) is 34.4 Å². The van der Waals surface area contributed by atoms with Gasteiger partial charge in [0.1, 0.15) is 0 Å². The Hall–Kier alpha value is -2.46. The van der Waals surface area contributed by atoms with Crippen molar-refractivity contribution in [2.24, 2.45) is 12.0 Å². The second-order valence-electron chi connectivity index (χ2n) is 6.51. The lowest BCUT2D eigenvalue weighted by Crippen LogP contribution is -2.17. The number of carbonyl (C=O) groups is 2. The Morgan fingerprint density at radius 2 is 2.00 bits per heavy atom. The fourth-order valence-electron chi connectivity index (χ4n) is 2.81. The molecule has 0 fully saturated rings. The fourth-order valence-corrected chi connectivity index (χ4v) is 5.46. The summed E-state index contributed by atoms with van der Waals surface area (Å²) in [7, 11) is 1.86. The number of carbonyl (C=O) groups excluding carboxylic acids is 2. The molecule has 0 bridgehead atoms. The molecule has 0 saturated heterocycles. The van der Waals surface area contributed by atoms with Gasteiger partial charge in [-0.1, -0.05) is 53.3 Å². The lowest BCUT2D eigenvalue weighted by atomic mass is 10.2. The number of rotatable bonds is 6. The molecule has 0 aliphatic carbocycles. The molecule has 2 aromatic heterocycles. The third kappa shape index (κ3) is 5.43. The molecule has 2 amide bonds. The minimum atomic E-state index is -0.285. The molecule has 0 unspecified atom stereocenters. The summed E-state index contributed by atoms with van der Waals surface area (Å²) in [6, 6.07) is 15.3. The van der Waals surface area contributed by atoms with E-state index in [1.54, 1.807) is 0 Å². The van der Waals surface area contributed by atoms with Crippen LogP contribution in [0, 0.1) is 0 Å². The number of fused-ring (bicyclic) bond motifs is 1. The van der Waals surface area contributed by atoms with Crippen LogP contribution in [0.4, 0.5) is 5.13 Å². The lowest BCUT2D eigenvalue weighted by Gasteiger charge is -2.00. The molecule has 2 heterocycles. The molecular formula is C21H17ClN4O2S3. The fraction of sp³-hybridized carbons (Fsp3) is 0.143. The first kappa shape index (κ1) is 21.8. The standard InChI is InChI=1S/C21H17ClN4O2S3/c1-26-16-8-7-14(22)9-17(16)31-21(26)25-19(28)12-29-11-18(27)24-20-23-15(10-30-20)13-5-3-2-4-6-13/h2-10H,11-12H2,1H3,(H,23,24,27). The number of thioether (sulfide) groups is 1. The summed E-state index contributed by atoms with van der Waals surface area (Å²) in [5, 5.41) is 5.86. The predicted octanol–water partition coefficient (Wildman–Crippen LogP) is 4.82. The minimum absolute atomic E-state index is 0.121. The van der Waals surface area contributed by atoms with Crippen molar-refractivity contribution < 1.29 is 9.59 Å². The Morgan fingerprint density at radius 1 is 1.19 bits per heavy atom. The number of benzene rings is 2. The van der Waals surface area contributed by atoms with Crippen LogP contribution in [0.5, 0.6) is 0 Å². The van der Waals surface area contributed by atoms with Gasteiger partial charge < -0.3 is 9.88 Å². The molecule has 10 heteroatoms. The topological polar surface area (TPSA) is 76.3 Å². The number of thiazole rings is 2. The average molecular weight is 489 g/mol. The quantitative estimate of drug-likeness (QED) is 0.422. The van der Waals surface area contributed by atoms with Gasteiger partial charge in [-0.15, -0.1) is 23.1 Å². The molecular weight excluding hydrogens is 472 g/mol. The van der Waals surface area contributed by atoms with Gasteiger partial charge in [0.25, 0.3) is 5.91 Å². The zero-order chi connectivity index (χ0) is 21.8. The summed E-state index contributed by atoms with van der Waals surface area (Å²) in [5.41, 5.74) is 2.78. The summed E-state index contributed by atoms with van der Waals surface area (Å²) in [4.78, 5) is 33.6. The molecule has 158 valence electrons. The van der Waals surface area contributed by atoms with Crippen LogP contribution in [0.3, 0.4) is 0 Å². The van der Waals surface area contributed by atoms with Gasteiger partial charge in [-0.05, 0) is 18.2 Å². The molecule has 1 N–H and O–H groups in total. The van der Waals surface area contributed by atoms with Crippen molar-refractivity contribution in [2.45, 2.75) is 0 Å². The van der Waals surface area contributed by atoms with Crippen LogP contribution in [0.2, 0.25) is 5.02 Å². The number of nitrogens with one attached hydrogen (secondary N) is 1. The van der Waals surface area contributed by atoms with E-state index >= 15 is 0 Å². The maximum absolute atomic E-state index is 12.2. The minimum Gasteiger partial charge on any atom is -0.319 e. The molecule has 0 spiro atoms. The first-order valence-corrected chi connectivity index (χ1v) is 12.4. The van der Waals surface area contributed by atoms with E-state index < -0.39 is 0 Å². The molecule has 0 aliphatic rings. The number of nitrogens with zero attached hydrogens (tertiary/aromatic N) is 3. The van der Waals surface area contributed by atoms with Crippen molar-refractivity contribution in [1.29, 1.82) is 0 Å². The van der Waals surface area contributed by atoms with E-state index in [0.29, 0.717) is 15.0 Å². The number of aromatic nitrogens is 2. The highest BCUT2D eigenvalue weighted by Crippen LogP contribution is 2.24. The summed E-state index contributed by atoms with van der Waals surface area (Å²) < 4.78 is 2.82. The zero-order valence-electron chi connectivity index (χ0n) is 16.4. The summed E-state index contributed by atoms with van der Waals surface area (Å²) >= 11 is 10.0. The first-order chi connectivity index (χ1) is 15.0. The van der Waals surface area contributed by atoms with E-state index in [1.807, 2.05) is 65.5 Å². The second-order valence-corrected chi connectivity index (χ2v) is 9.80. The summed E-state index contributed by atoms with van der Waals surface area (Å²) in [6.45, 7) is 0. The van der Waals surface area contributed by atoms with Gasteiger partial charge in [0, 0.05) is 23.0 Å². The lowest BCUT2D eigenvalue weighted by molar-refractivity contribution is -0.115. The van der Waals surface area contributed by atoms with Gasteiger partial charge in [0.15, 0.2) is 9.93 Å². The summed E-state index contributed by atoms with van der Waals surface area (Å²) in [5.74, 6) is -0.217. The van der Waals surface area contributed by atoms with E-state index in [9.17, 15) is 9.59 Å². The van der Waals surface area contributed by atoms with Crippen molar-refractivity contribution >= 4 is 73.2 Å². The normalized spacial score (nSPS) is 11.7. The number of hydrogen-bond donors (Lipinski definition) is 1. The molecule has 31 heavy (non-hydrogen) atoms. The highest BCUT2D eigenvalue weighted by atomic mass is 35.5. The number of anilines is 1. The van der Waals surface area contributed by atoms with Crippen molar-refractivity contribution in [3.63, 3.8) is 0 Å². The SMILES string of the molecule is Cn1c(=NC(=O)CSCC(=O)Nc2nc(-c3ccccc3)cs2)sc2cc(Cl)ccc21. The van der Waals surface area contributed by atoms with Crippen molar-refractivity contribution in [1.82, 2.24) is 9.55 Å². The van der Waals surface area contributed by atoms with Crippen LogP contribution >= 0.6 is 46.0 Å². The maximum atomic E-state index is 12.2. The molecule has 4 rings (SSSR count). The van der Waals surface area contributed by atoms with Gasteiger partial charge in [-0.25, -0.2) is 4.98 Å². The molecule has 2 aromatic carbocycles. The monoisotopic (exact) mass is 488 g/mol. The molecule has 0 radical (unpaired) electrons.